The standard InChI is InChI=1S/C16H23BrO/c1-4-13(9-7-8-12(2)3)14-10-5-6-11-15(14)16(17)18/h5-6,10-13H,4,7-9H2,1-3H3. The molecule has 0 amide bonds. The Morgan fingerprint density at radius 3 is 2.44 bits per heavy atom. The average Bonchev–Trinajstić information content (AvgIpc) is 2.34. The molecular weight excluding hydrogens is 288 g/mol. The number of rotatable bonds is 7. The zero-order valence-electron chi connectivity index (χ0n) is 11.6. The largest absolute Gasteiger partial charge is 0.281 e. The topological polar surface area (TPSA) is 17.1 Å². The molecule has 100 valence electrons. The molecule has 0 aliphatic rings. The molecule has 0 bridgehead atoms. The van der Waals surface area contributed by atoms with Crippen LogP contribution in [0.2, 0.25) is 0 Å². The summed E-state index contributed by atoms with van der Waals surface area (Å²) in [7, 11) is 0. The second kappa shape index (κ2) is 7.73. The van der Waals surface area contributed by atoms with Gasteiger partial charge >= 0.3 is 0 Å². The fraction of sp³-hybridized carbons (Fsp3) is 0.562. The molecule has 0 aromatic heterocycles. The fourth-order valence-electron chi connectivity index (χ4n) is 2.38. The molecule has 0 aliphatic heterocycles. The second-order valence-corrected chi connectivity index (χ2v) is 6.01. The predicted octanol–water partition coefficient (Wildman–Crippen LogP) is 5.54. The maximum absolute atomic E-state index is 11.6. The molecule has 1 rings (SSSR count). The summed E-state index contributed by atoms with van der Waals surface area (Å²) in [5.74, 6) is 1.26. The van der Waals surface area contributed by atoms with E-state index in [4.69, 9.17) is 0 Å². The SMILES string of the molecule is CCC(CCCC(C)C)c1ccccc1C(=O)Br. The second-order valence-electron chi connectivity index (χ2n) is 5.29. The van der Waals surface area contributed by atoms with Crippen molar-refractivity contribution in [3.63, 3.8) is 0 Å². The van der Waals surface area contributed by atoms with E-state index in [2.05, 4.69) is 42.8 Å². The van der Waals surface area contributed by atoms with Crippen molar-refractivity contribution in [3.8, 4) is 0 Å². The van der Waals surface area contributed by atoms with Gasteiger partial charge in [0.05, 0.1) is 0 Å². The van der Waals surface area contributed by atoms with Crippen molar-refractivity contribution < 1.29 is 4.79 Å². The Morgan fingerprint density at radius 1 is 1.22 bits per heavy atom. The van der Waals surface area contributed by atoms with E-state index < -0.39 is 0 Å². The van der Waals surface area contributed by atoms with E-state index >= 15 is 0 Å². The first-order chi connectivity index (χ1) is 8.56. The minimum atomic E-state index is 0.000379. The van der Waals surface area contributed by atoms with Crippen LogP contribution in [-0.2, 0) is 0 Å². The van der Waals surface area contributed by atoms with Crippen LogP contribution in [-0.4, -0.2) is 4.69 Å². The molecule has 0 aliphatic carbocycles. The van der Waals surface area contributed by atoms with E-state index in [-0.39, 0.29) is 4.69 Å². The normalized spacial score (nSPS) is 12.7. The summed E-state index contributed by atoms with van der Waals surface area (Å²) >= 11 is 3.08. The van der Waals surface area contributed by atoms with Gasteiger partial charge in [0.1, 0.15) is 0 Å². The summed E-state index contributed by atoms with van der Waals surface area (Å²) < 4.78 is 0.000379. The van der Waals surface area contributed by atoms with Gasteiger partial charge in [-0.2, -0.15) is 0 Å². The first kappa shape index (κ1) is 15.4. The van der Waals surface area contributed by atoms with Crippen molar-refractivity contribution in [2.24, 2.45) is 5.92 Å². The van der Waals surface area contributed by atoms with E-state index in [0.717, 1.165) is 17.9 Å². The van der Waals surface area contributed by atoms with Crippen LogP contribution in [0.3, 0.4) is 0 Å². The summed E-state index contributed by atoms with van der Waals surface area (Å²) in [5.41, 5.74) is 2.03. The van der Waals surface area contributed by atoms with E-state index in [1.807, 2.05) is 18.2 Å². The number of benzene rings is 1. The average molecular weight is 311 g/mol. The highest BCUT2D eigenvalue weighted by Gasteiger charge is 2.16. The molecule has 0 radical (unpaired) electrons. The fourth-order valence-corrected chi connectivity index (χ4v) is 2.75. The number of hydrogen-bond donors (Lipinski definition) is 0. The third kappa shape index (κ3) is 4.56. The molecule has 1 unspecified atom stereocenters. The zero-order valence-corrected chi connectivity index (χ0v) is 13.2. The van der Waals surface area contributed by atoms with Crippen molar-refractivity contribution in [3.05, 3.63) is 35.4 Å². The quantitative estimate of drug-likeness (QED) is 0.604. The highest BCUT2D eigenvalue weighted by Crippen LogP contribution is 2.29. The third-order valence-electron chi connectivity index (χ3n) is 3.44. The van der Waals surface area contributed by atoms with Crippen LogP contribution in [0.4, 0.5) is 0 Å². The van der Waals surface area contributed by atoms with Crippen LogP contribution in [0, 0.1) is 5.92 Å². The van der Waals surface area contributed by atoms with Gasteiger partial charge in [0.25, 0.3) is 0 Å². The molecule has 1 nitrogen and oxygen atoms in total. The molecule has 18 heavy (non-hydrogen) atoms. The van der Waals surface area contributed by atoms with Gasteiger partial charge in [0.2, 0.25) is 4.69 Å². The Morgan fingerprint density at radius 2 is 1.89 bits per heavy atom. The van der Waals surface area contributed by atoms with Gasteiger partial charge in [0, 0.05) is 5.56 Å². The molecule has 0 saturated carbocycles. The Bertz CT molecular complexity index is 384. The minimum Gasteiger partial charge on any atom is -0.281 e. The monoisotopic (exact) mass is 310 g/mol. The first-order valence-electron chi connectivity index (χ1n) is 6.85. The molecule has 1 atom stereocenters. The van der Waals surface area contributed by atoms with E-state index in [9.17, 15) is 4.79 Å². The molecule has 0 heterocycles. The summed E-state index contributed by atoms with van der Waals surface area (Å²) in [5, 5.41) is 0. The molecule has 1 aromatic rings. The Labute approximate surface area is 119 Å². The lowest BCUT2D eigenvalue weighted by atomic mass is 9.87. The summed E-state index contributed by atoms with van der Waals surface area (Å²) in [6, 6.07) is 7.97. The molecule has 0 saturated heterocycles. The van der Waals surface area contributed by atoms with Gasteiger partial charge in [-0.3, -0.25) is 4.79 Å². The summed E-state index contributed by atoms with van der Waals surface area (Å²) in [4.78, 5) is 11.6. The van der Waals surface area contributed by atoms with Crippen molar-refractivity contribution >= 4 is 20.6 Å². The number of carbonyl (C=O) groups excluding carboxylic acids is 1. The van der Waals surface area contributed by atoms with Crippen LogP contribution in [0.25, 0.3) is 0 Å². The van der Waals surface area contributed by atoms with Gasteiger partial charge in [-0.25, -0.2) is 0 Å². The van der Waals surface area contributed by atoms with Crippen molar-refractivity contribution in [2.45, 2.75) is 52.4 Å². The Balaban J connectivity index is 2.78. The van der Waals surface area contributed by atoms with Crippen LogP contribution >= 0.6 is 15.9 Å². The van der Waals surface area contributed by atoms with Gasteiger partial charge in [0.15, 0.2) is 0 Å². The van der Waals surface area contributed by atoms with Crippen LogP contribution < -0.4 is 0 Å². The van der Waals surface area contributed by atoms with E-state index in [1.165, 1.54) is 24.8 Å². The Hall–Kier alpha value is -0.630. The number of carbonyl (C=O) groups is 1. The lowest BCUT2D eigenvalue weighted by Gasteiger charge is -2.18. The third-order valence-corrected chi connectivity index (χ3v) is 3.87. The zero-order chi connectivity index (χ0) is 13.5. The minimum absolute atomic E-state index is 0.000379. The number of hydrogen-bond acceptors (Lipinski definition) is 1. The Kier molecular flexibility index (Phi) is 6.62. The predicted molar refractivity (Wildman–Crippen MR) is 81.4 cm³/mol. The first-order valence-corrected chi connectivity index (χ1v) is 7.64. The lowest BCUT2D eigenvalue weighted by Crippen LogP contribution is -2.04. The molecular formula is C16H23BrO. The van der Waals surface area contributed by atoms with Crippen LogP contribution in [0.1, 0.15) is 68.3 Å². The van der Waals surface area contributed by atoms with Gasteiger partial charge in [-0.05, 0) is 46.2 Å². The smallest absolute Gasteiger partial charge is 0.228 e. The maximum Gasteiger partial charge on any atom is 0.228 e. The van der Waals surface area contributed by atoms with Crippen LogP contribution in [0.15, 0.2) is 24.3 Å². The van der Waals surface area contributed by atoms with Crippen LogP contribution in [0.5, 0.6) is 0 Å². The molecule has 0 N–H and O–H groups in total. The van der Waals surface area contributed by atoms with Gasteiger partial charge in [-0.15, -0.1) is 0 Å². The van der Waals surface area contributed by atoms with E-state index in [0.29, 0.717) is 5.92 Å². The van der Waals surface area contributed by atoms with E-state index in [1.54, 1.807) is 0 Å². The van der Waals surface area contributed by atoms with Crippen molar-refractivity contribution in [1.82, 2.24) is 0 Å². The maximum atomic E-state index is 11.6. The van der Waals surface area contributed by atoms with Crippen molar-refractivity contribution in [2.75, 3.05) is 0 Å². The van der Waals surface area contributed by atoms with Gasteiger partial charge in [-0.1, -0.05) is 57.9 Å². The summed E-state index contributed by atoms with van der Waals surface area (Å²) in [6.07, 6.45) is 4.77. The summed E-state index contributed by atoms with van der Waals surface area (Å²) in [6.45, 7) is 6.73. The molecule has 0 spiro atoms. The number of halogens is 1. The van der Waals surface area contributed by atoms with Crippen molar-refractivity contribution in [1.29, 1.82) is 0 Å². The highest BCUT2D eigenvalue weighted by molar-refractivity contribution is 9.18. The lowest BCUT2D eigenvalue weighted by molar-refractivity contribution is 0.109. The molecule has 2 heteroatoms. The van der Waals surface area contributed by atoms with Gasteiger partial charge < -0.3 is 0 Å². The highest BCUT2D eigenvalue weighted by atomic mass is 79.9. The molecule has 1 aromatic carbocycles. The molecule has 0 fully saturated rings.